The second kappa shape index (κ2) is 34.2. The molecule has 13 heteroatoms. The number of benzene rings is 18. The van der Waals surface area contributed by atoms with E-state index in [0.717, 1.165) is 140 Å². The molecule has 0 saturated heterocycles. The molecular formula is C130H80O7S6. The number of furan rings is 6. The van der Waals surface area contributed by atoms with Gasteiger partial charge in [-0.2, -0.15) is 0 Å². The molecule has 0 fully saturated rings. The van der Waals surface area contributed by atoms with E-state index in [9.17, 15) is 0 Å². The fraction of sp³-hybridized carbons (Fsp3) is 0.0308. The Balaban J connectivity index is 0.000000105. The van der Waals surface area contributed by atoms with E-state index in [1.807, 2.05) is 129 Å². The molecule has 143 heavy (non-hydrogen) atoms. The molecule has 0 atom stereocenters. The fourth-order valence-corrected chi connectivity index (χ4v) is 28.5. The first-order valence-electron chi connectivity index (χ1n) is 47.7. The highest BCUT2D eigenvalue weighted by atomic mass is 32.1. The van der Waals surface area contributed by atoms with Crippen LogP contribution in [0.5, 0.6) is 5.75 Å². The minimum Gasteiger partial charge on any atom is -0.497 e. The molecule has 0 saturated carbocycles. The van der Waals surface area contributed by atoms with Crippen LogP contribution < -0.4 is 4.74 Å². The van der Waals surface area contributed by atoms with Crippen molar-refractivity contribution in [3.63, 3.8) is 0 Å². The second-order valence-electron chi connectivity index (χ2n) is 37.1. The Labute approximate surface area is 844 Å². The molecule has 678 valence electrons. The standard InChI is InChI=1S/C44H28O3S2.C44H28O2S2.C42H24O2S2/c1-25-3-17-37-32(19-25)21-39(46-37)28-8-4-26(5-9-28)30-12-15-35-41(23-30)48-44-36-16-13-31(24-42(36)49-43(35)44)27-6-10-29(11-7-27)40-22-33-20-34(45-2)14-18-38(33)47-40;1-25-3-17-37-33(19-25)21-39(45-37)29-9-5-27(6-10-29)31-13-15-35-41(23-31)47-44-36-16-14-32(24-42(36)48-43(35)44)28-7-11-30(12-8-28)40-22-34-20-26(2)4-18-38(34)46-40;1-3-7-35-31(5-1)21-37(43-35)27-13-9-25(10-14-27)29-17-19-33-39(23-29)45-42-34-20-18-30(24-40(34)46-41(33)42)26-11-15-28(16-12-26)38-22-32-6-2-4-8-36(32)44-38/h3-24H,1-2H3;3-24H,1-2H3;1-24H. The van der Waals surface area contributed by atoms with Crippen LogP contribution in [0, 0.1) is 20.8 Å². The molecule has 0 amide bonds. The lowest BCUT2D eigenvalue weighted by atomic mass is 10.0. The van der Waals surface area contributed by atoms with Gasteiger partial charge in [0.25, 0.3) is 0 Å². The van der Waals surface area contributed by atoms with E-state index < -0.39 is 0 Å². The number of rotatable bonds is 13. The lowest BCUT2D eigenvalue weighted by Gasteiger charge is -2.04. The number of ether oxygens (including phenoxy) is 1. The molecule has 12 heterocycles. The Morgan fingerprint density at radius 3 is 0.573 bits per heavy atom. The van der Waals surface area contributed by atoms with E-state index in [2.05, 4.69) is 373 Å². The number of fused-ring (bicyclic) bond motifs is 21. The highest BCUT2D eigenvalue weighted by molar-refractivity contribution is 7.38. The first-order valence-corrected chi connectivity index (χ1v) is 52.6. The summed E-state index contributed by atoms with van der Waals surface area (Å²) in [5, 5.41) is 14.7. The third-order valence-electron chi connectivity index (χ3n) is 27.9. The maximum absolute atomic E-state index is 6.14. The maximum atomic E-state index is 6.14. The van der Waals surface area contributed by atoms with E-state index in [1.165, 1.54) is 172 Å². The molecule has 0 aliphatic rings. The zero-order valence-corrected chi connectivity index (χ0v) is 82.5. The summed E-state index contributed by atoms with van der Waals surface area (Å²) in [6.45, 7) is 6.33. The van der Waals surface area contributed by atoms with E-state index in [0.29, 0.717) is 0 Å². The predicted octanol–water partition coefficient (Wildman–Crippen LogP) is 41.2. The van der Waals surface area contributed by atoms with Crippen molar-refractivity contribution in [2.45, 2.75) is 20.8 Å². The highest BCUT2D eigenvalue weighted by Crippen LogP contribution is 2.52. The van der Waals surface area contributed by atoms with Gasteiger partial charge in [0, 0.05) is 126 Å². The Morgan fingerprint density at radius 2 is 0.350 bits per heavy atom. The smallest absolute Gasteiger partial charge is 0.135 e. The van der Waals surface area contributed by atoms with Crippen molar-refractivity contribution < 1.29 is 31.2 Å². The van der Waals surface area contributed by atoms with Crippen LogP contribution in [0.2, 0.25) is 0 Å². The second-order valence-corrected chi connectivity index (χ2v) is 43.4. The summed E-state index contributed by atoms with van der Waals surface area (Å²) in [6.07, 6.45) is 0. The number of hydrogen-bond donors (Lipinski definition) is 0. The molecule has 0 spiro atoms. The summed E-state index contributed by atoms with van der Waals surface area (Å²) in [5.41, 5.74) is 30.3. The monoisotopic (exact) mass is 1940 g/mol. The molecule has 18 aromatic carbocycles. The molecule has 0 N–H and O–H groups in total. The van der Waals surface area contributed by atoms with Gasteiger partial charge in [-0.15, -0.1) is 68.0 Å². The predicted molar refractivity (Wildman–Crippen MR) is 609 cm³/mol. The van der Waals surface area contributed by atoms with Gasteiger partial charge in [0.15, 0.2) is 0 Å². The Morgan fingerprint density at radius 1 is 0.161 bits per heavy atom. The first-order chi connectivity index (χ1) is 70.3. The summed E-state index contributed by atoms with van der Waals surface area (Å²) in [4.78, 5) is 0. The molecule has 0 radical (unpaired) electrons. The van der Waals surface area contributed by atoms with Crippen molar-refractivity contribution in [1.82, 2.24) is 0 Å². The van der Waals surface area contributed by atoms with Crippen molar-refractivity contribution in [2.75, 3.05) is 7.11 Å². The van der Waals surface area contributed by atoms with Gasteiger partial charge in [0.1, 0.15) is 73.8 Å². The van der Waals surface area contributed by atoms with E-state index >= 15 is 0 Å². The van der Waals surface area contributed by atoms with Crippen LogP contribution in [-0.2, 0) is 0 Å². The van der Waals surface area contributed by atoms with E-state index in [-0.39, 0.29) is 0 Å². The molecule has 0 aliphatic carbocycles. The minimum absolute atomic E-state index is 0.827. The van der Waals surface area contributed by atoms with Crippen LogP contribution in [0.15, 0.2) is 439 Å². The average molecular weight is 1950 g/mol. The number of para-hydroxylation sites is 2. The summed E-state index contributed by atoms with van der Waals surface area (Å²) < 4.78 is 58.2. The van der Waals surface area contributed by atoms with Crippen LogP contribution >= 0.6 is 68.0 Å². The maximum Gasteiger partial charge on any atom is 0.135 e. The van der Waals surface area contributed by atoms with Gasteiger partial charge in [0.2, 0.25) is 0 Å². The van der Waals surface area contributed by atoms with Crippen LogP contribution in [0.1, 0.15) is 16.7 Å². The molecule has 30 aromatic rings. The van der Waals surface area contributed by atoms with Crippen molar-refractivity contribution in [3.05, 3.63) is 429 Å². The zero-order valence-electron chi connectivity index (χ0n) is 77.6. The van der Waals surface area contributed by atoms with Gasteiger partial charge in [-0.1, -0.05) is 290 Å². The van der Waals surface area contributed by atoms with Gasteiger partial charge in [-0.3, -0.25) is 0 Å². The molecule has 30 rings (SSSR count). The molecule has 0 aliphatic heterocycles. The SMILES string of the molecule is COc1ccc2oc(-c3ccc(-c4ccc5c(c4)sc4c6ccc(-c7ccc(-c8cc9cc(C)ccc9o8)cc7)cc6sc54)cc3)cc2c1.Cc1ccc2oc(-c3ccc(-c4ccc5c(c4)sc4c6ccc(-c7ccc(-c8cc9cc(C)ccc9o8)cc7)cc6sc54)cc3)cc2c1.c1ccc2oc(-c3ccc(-c4ccc5c(c4)sc4c6ccc(-c7ccc(-c8cc9ccccc9o8)cc7)cc6sc54)cc3)cc2c1. The normalized spacial score (nSPS) is 11.9. The number of methoxy groups -OCH3 is 1. The number of hydrogen-bond acceptors (Lipinski definition) is 13. The van der Waals surface area contributed by atoms with Crippen molar-refractivity contribution in [2.24, 2.45) is 0 Å². The lowest BCUT2D eigenvalue weighted by Crippen LogP contribution is -1.79. The van der Waals surface area contributed by atoms with Crippen molar-refractivity contribution in [3.8, 4) is 140 Å². The zero-order chi connectivity index (χ0) is 94.8. The third-order valence-corrected chi connectivity index (χ3v) is 35.4. The Kier molecular flexibility index (Phi) is 20.2. The average Bonchev–Trinajstić information content (AvgIpc) is 1.59. The van der Waals surface area contributed by atoms with E-state index in [4.69, 9.17) is 31.2 Å². The molecule has 0 bridgehead atoms. The summed E-state index contributed by atoms with van der Waals surface area (Å²) in [5.74, 6) is 6.19. The minimum atomic E-state index is 0.827. The molecule has 12 aromatic heterocycles. The van der Waals surface area contributed by atoms with Gasteiger partial charge >= 0.3 is 0 Å². The van der Waals surface area contributed by atoms with Crippen LogP contribution in [0.4, 0.5) is 0 Å². The topological polar surface area (TPSA) is 88.1 Å². The highest BCUT2D eigenvalue weighted by Gasteiger charge is 2.23. The molecule has 0 unspecified atom stereocenters. The van der Waals surface area contributed by atoms with Crippen LogP contribution in [0.3, 0.4) is 0 Å². The van der Waals surface area contributed by atoms with E-state index in [1.54, 1.807) is 7.11 Å². The third kappa shape index (κ3) is 15.3. The summed E-state index contributed by atoms with van der Waals surface area (Å²) >= 11 is 11.4. The number of thiophene rings is 6. The van der Waals surface area contributed by atoms with Gasteiger partial charge in [-0.25, -0.2) is 0 Å². The van der Waals surface area contributed by atoms with Gasteiger partial charge in [-0.05, 0) is 227 Å². The quantitative estimate of drug-likeness (QED) is 0.114. The van der Waals surface area contributed by atoms with Crippen LogP contribution in [0.25, 0.3) is 289 Å². The molecular weight excluding hydrogens is 1870 g/mol. The van der Waals surface area contributed by atoms with Gasteiger partial charge in [0.05, 0.1) is 35.3 Å². The molecule has 7 nitrogen and oxygen atoms in total. The fourth-order valence-electron chi connectivity index (χ4n) is 20.3. The van der Waals surface area contributed by atoms with Crippen molar-refractivity contribution in [1.29, 1.82) is 0 Å². The summed E-state index contributed by atoms with van der Waals surface area (Å²) in [7, 11) is 1.68. The van der Waals surface area contributed by atoms with Gasteiger partial charge < -0.3 is 31.2 Å². The Bertz CT molecular complexity index is 9840. The Hall–Kier alpha value is -16.5. The van der Waals surface area contributed by atoms with Crippen molar-refractivity contribution >= 4 is 223 Å². The first kappa shape index (κ1) is 84.6. The summed E-state index contributed by atoms with van der Waals surface area (Å²) in [6, 6.07) is 147. The lowest BCUT2D eigenvalue weighted by molar-refractivity contribution is 0.415. The number of aryl methyl sites for hydroxylation is 3. The van der Waals surface area contributed by atoms with Crippen LogP contribution in [-0.4, -0.2) is 7.11 Å². The largest absolute Gasteiger partial charge is 0.497 e.